The number of nitrogens with zero attached hydrogens (tertiary/aromatic N) is 2. The number of fused-ring (bicyclic) bond motifs is 1. The predicted molar refractivity (Wildman–Crippen MR) is 120 cm³/mol. The molecule has 2 aromatic rings. The topological polar surface area (TPSA) is 49.9 Å². The van der Waals surface area contributed by atoms with Crippen LogP contribution in [0.1, 0.15) is 62.0 Å². The van der Waals surface area contributed by atoms with Crippen LogP contribution in [0.2, 0.25) is 0 Å². The average Bonchev–Trinajstić information content (AvgIpc) is 2.68. The number of ether oxygens (including phenoxy) is 1. The number of hydrogen-bond donors (Lipinski definition) is 0. The summed E-state index contributed by atoms with van der Waals surface area (Å²) in [5.41, 5.74) is 2.58. The van der Waals surface area contributed by atoms with Gasteiger partial charge in [-0.3, -0.25) is 9.69 Å². The van der Waals surface area contributed by atoms with Gasteiger partial charge in [0.05, 0.1) is 11.3 Å². The molecule has 3 rings (SSSR count). The number of carbonyl (C=O) groups excluding carboxylic acids is 2. The minimum absolute atomic E-state index is 0.136. The second-order valence-corrected chi connectivity index (χ2v) is 8.85. The van der Waals surface area contributed by atoms with E-state index in [0.717, 1.165) is 5.56 Å². The van der Waals surface area contributed by atoms with E-state index in [2.05, 4.69) is 32.6 Å². The molecule has 0 fully saturated rings. The number of hydrogen-bond acceptors (Lipinski definition) is 3. The summed E-state index contributed by atoms with van der Waals surface area (Å²) in [6, 6.07) is 15.3. The van der Waals surface area contributed by atoms with Gasteiger partial charge < -0.3 is 9.64 Å². The molecular formula is C25H30N2O3. The zero-order valence-corrected chi connectivity index (χ0v) is 18.4. The number of rotatable bonds is 4. The highest BCUT2D eigenvalue weighted by Crippen LogP contribution is 2.34. The monoisotopic (exact) mass is 406 g/mol. The van der Waals surface area contributed by atoms with Crippen LogP contribution in [0, 0.1) is 0 Å². The van der Waals surface area contributed by atoms with Crippen molar-refractivity contribution in [3.8, 4) is 0 Å². The van der Waals surface area contributed by atoms with Crippen molar-refractivity contribution in [2.45, 2.75) is 58.8 Å². The van der Waals surface area contributed by atoms with E-state index in [-0.39, 0.29) is 5.91 Å². The maximum atomic E-state index is 13.3. The minimum Gasteiger partial charge on any atom is -0.443 e. The van der Waals surface area contributed by atoms with Gasteiger partial charge in [-0.25, -0.2) is 4.79 Å². The molecule has 0 radical (unpaired) electrons. The fourth-order valence-corrected chi connectivity index (χ4v) is 3.54. The Balaban J connectivity index is 2.00. The lowest BCUT2D eigenvalue weighted by molar-refractivity contribution is 0.0484. The molecule has 2 amide bonds. The first-order valence-electron chi connectivity index (χ1n) is 10.3. The van der Waals surface area contributed by atoms with Crippen molar-refractivity contribution >= 4 is 17.7 Å². The van der Waals surface area contributed by atoms with Crippen molar-refractivity contribution in [1.82, 2.24) is 4.90 Å². The third-order valence-corrected chi connectivity index (χ3v) is 5.04. The van der Waals surface area contributed by atoms with Crippen molar-refractivity contribution < 1.29 is 14.3 Å². The van der Waals surface area contributed by atoms with Crippen molar-refractivity contribution in [2.24, 2.45) is 0 Å². The number of amides is 2. The Hall–Kier alpha value is -3.08. The second-order valence-electron chi connectivity index (χ2n) is 8.85. The summed E-state index contributed by atoms with van der Waals surface area (Å²) < 4.78 is 5.64. The lowest BCUT2D eigenvalue weighted by atomic mass is 10.0. The summed E-state index contributed by atoms with van der Waals surface area (Å²) in [6.07, 6.45) is 0.458. The highest BCUT2D eigenvalue weighted by molar-refractivity contribution is 6.07. The fraction of sp³-hybridized carbons (Fsp3) is 0.360. The predicted octanol–water partition coefficient (Wildman–Crippen LogP) is 5.72. The molecular weight excluding hydrogens is 376 g/mol. The Morgan fingerprint density at radius 1 is 1.13 bits per heavy atom. The molecule has 1 aliphatic rings. The Morgan fingerprint density at radius 3 is 2.33 bits per heavy atom. The molecule has 5 nitrogen and oxygen atoms in total. The van der Waals surface area contributed by atoms with Gasteiger partial charge in [-0.15, -0.1) is 0 Å². The van der Waals surface area contributed by atoms with E-state index in [1.807, 2.05) is 39.0 Å². The molecule has 1 unspecified atom stereocenters. The Kier molecular flexibility index (Phi) is 6.01. The highest BCUT2D eigenvalue weighted by atomic mass is 16.6. The van der Waals surface area contributed by atoms with Crippen LogP contribution in [0.15, 0.2) is 61.2 Å². The van der Waals surface area contributed by atoms with E-state index in [0.29, 0.717) is 23.7 Å². The van der Waals surface area contributed by atoms with Gasteiger partial charge in [0.15, 0.2) is 0 Å². The van der Waals surface area contributed by atoms with Gasteiger partial charge in [0.2, 0.25) is 0 Å². The molecule has 0 bridgehead atoms. The van der Waals surface area contributed by atoms with Gasteiger partial charge in [-0.2, -0.15) is 0 Å². The van der Waals surface area contributed by atoms with Gasteiger partial charge >= 0.3 is 6.09 Å². The van der Waals surface area contributed by atoms with Crippen LogP contribution in [0.25, 0.3) is 0 Å². The first kappa shape index (κ1) is 21.6. The third-order valence-electron chi connectivity index (χ3n) is 5.04. The van der Waals surface area contributed by atoms with Gasteiger partial charge in [-0.1, -0.05) is 56.8 Å². The summed E-state index contributed by atoms with van der Waals surface area (Å²) in [5.74, 6) is 0.300. The van der Waals surface area contributed by atoms with Gasteiger partial charge in [0.25, 0.3) is 5.91 Å². The smallest absolute Gasteiger partial charge is 0.416 e. The molecule has 30 heavy (non-hydrogen) atoms. The fourth-order valence-electron chi connectivity index (χ4n) is 3.54. The van der Waals surface area contributed by atoms with E-state index in [1.165, 1.54) is 10.5 Å². The molecule has 0 aliphatic carbocycles. The summed E-state index contributed by atoms with van der Waals surface area (Å²) >= 11 is 0. The van der Waals surface area contributed by atoms with Gasteiger partial charge in [0.1, 0.15) is 11.8 Å². The van der Waals surface area contributed by atoms with Crippen LogP contribution in [0.4, 0.5) is 10.5 Å². The van der Waals surface area contributed by atoms with Crippen LogP contribution in [-0.2, 0) is 11.3 Å². The molecule has 5 heteroatoms. The maximum Gasteiger partial charge on any atom is 0.416 e. The summed E-state index contributed by atoms with van der Waals surface area (Å²) in [6.45, 7) is 14.0. The molecule has 158 valence electrons. The normalized spacial score (nSPS) is 16.5. The Bertz CT molecular complexity index is 942. The first-order valence-corrected chi connectivity index (χ1v) is 10.3. The molecule has 1 aliphatic heterocycles. The van der Waals surface area contributed by atoms with E-state index in [4.69, 9.17) is 4.74 Å². The molecule has 0 saturated heterocycles. The number of para-hydroxylation sites is 1. The second kappa shape index (κ2) is 8.34. The maximum absolute atomic E-state index is 13.3. The summed E-state index contributed by atoms with van der Waals surface area (Å²) in [7, 11) is 0. The largest absolute Gasteiger partial charge is 0.443 e. The lowest BCUT2D eigenvalue weighted by Crippen LogP contribution is -2.56. The minimum atomic E-state index is -0.656. The molecule has 0 saturated carbocycles. The van der Waals surface area contributed by atoms with Crippen molar-refractivity contribution in [2.75, 3.05) is 4.90 Å². The number of benzene rings is 2. The average molecular weight is 407 g/mol. The van der Waals surface area contributed by atoms with Crippen LogP contribution in [-0.4, -0.2) is 28.7 Å². The van der Waals surface area contributed by atoms with E-state index >= 15 is 0 Å². The molecule has 0 N–H and O–H groups in total. The zero-order chi connectivity index (χ0) is 22.1. The van der Waals surface area contributed by atoms with Gasteiger partial charge in [-0.05, 0) is 56.0 Å². The van der Waals surface area contributed by atoms with Crippen molar-refractivity contribution in [3.05, 3.63) is 77.9 Å². The Labute approximate surface area is 178 Å². The standard InChI is InChI=1S/C25H30N2O3/c1-7-22-26(16-18-12-14-19(15-13-18)17(2)3)23(28)20-10-8-9-11-21(20)27(22)24(29)30-25(4,5)6/h7-15,17,22H,1,16H2,2-6H3. The quantitative estimate of drug-likeness (QED) is 0.610. The SMILES string of the molecule is C=CC1N(Cc2ccc(C(C)C)cc2)C(=O)c2ccccc2N1C(=O)OC(C)(C)C. The van der Waals surface area contributed by atoms with Gasteiger partial charge in [0, 0.05) is 6.54 Å². The molecule has 0 spiro atoms. The van der Waals surface area contributed by atoms with Crippen LogP contribution in [0.3, 0.4) is 0 Å². The summed E-state index contributed by atoms with van der Waals surface area (Å²) in [4.78, 5) is 29.6. The summed E-state index contributed by atoms with van der Waals surface area (Å²) in [5, 5.41) is 0. The third kappa shape index (κ3) is 4.40. The number of anilines is 1. The van der Waals surface area contributed by atoms with Crippen LogP contribution >= 0.6 is 0 Å². The molecule has 2 aromatic carbocycles. The molecule has 0 aromatic heterocycles. The van der Waals surface area contributed by atoms with Crippen molar-refractivity contribution in [1.29, 1.82) is 0 Å². The van der Waals surface area contributed by atoms with Crippen LogP contribution < -0.4 is 4.90 Å². The lowest BCUT2D eigenvalue weighted by Gasteiger charge is -2.43. The first-order chi connectivity index (χ1) is 14.1. The van der Waals surface area contributed by atoms with Crippen molar-refractivity contribution in [3.63, 3.8) is 0 Å². The van der Waals surface area contributed by atoms with Crippen LogP contribution in [0.5, 0.6) is 0 Å². The zero-order valence-electron chi connectivity index (χ0n) is 18.4. The highest BCUT2D eigenvalue weighted by Gasteiger charge is 2.40. The Morgan fingerprint density at radius 2 is 1.77 bits per heavy atom. The van der Waals surface area contributed by atoms with E-state index in [1.54, 1.807) is 29.2 Å². The molecule has 1 atom stereocenters. The van der Waals surface area contributed by atoms with E-state index in [9.17, 15) is 9.59 Å². The van der Waals surface area contributed by atoms with E-state index < -0.39 is 17.9 Å². The number of carbonyl (C=O) groups is 2. The molecule has 1 heterocycles.